The molecule has 14 heavy (non-hydrogen) atoms. The summed E-state index contributed by atoms with van der Waals surface area (Å²) >= 11 is 0. The van der Waals surface area contributed by atoms with Crippen molar-refractivity contribution in [2.24, 2.45) is 0 Å². The summed E-state index contributed by atoms with van der Waals surface area (Å²) in [4.78, 5) is 0. The van der Waals surface area contributed by atoms with Gasteiger partial charge in [0.1, 0.15) is 6.79 Å². The molecule has 0 bridgehead atoms. The highest BCUT2D eigenvalue weighted by Crippen LogP contribution is 1.91. The summed E-state index contributed by atoms with van der Waals surface area (Å²) in [5, 5.41) is 8.49. The van der Waals surface area contributed by atoms with Crippen molar-refractivity contribution in [3.63, 3.8) is 0 Å². The Balaban J connectivity index is 2.91. The smallest absolute Gasteiger partial charge is 0.146 e. The maximum absolute atomic E-state index is 8.49. The summed E-state index contributed by atoms with van der Waals surface area (Å²) < 4.78 is 10.4. The van der Waals surface area contributed by atoms with Crippen LogP contribution in [0.2, 0.25) is 0 Å². The van der Waals surface area contributed by atoms with Crippen LogP contribution in [0.1, 0.15) is 32.6 Å². The van der Waals surface area contributed by atoms with Crippen molar-refractivity contribution in [2.75, 3.05) is 26.6 Å². The van der Waals surface area contributed by atoms with E-state index in [1.807, 2.05) is 12.2 Å². The number of aliphatic hydroxyl groups excluding tert-OH is 1. The molecular formula is C11H22O3. The van der Waals surface area contributed by atoms with Crippen LogP contribution in [0.15, 0.2) is 12.2 Å². The molecule has 0 saturated heterocycles. The van der Waals surface area contributed by atoms with Gasteiger partial charge >= 0.3 is 0 Å². The second-order valence-electron chi connectivity index (χ2n) is 3.06. The van der Waals surface area contributed by atoms with E-state index in [9.17, 15) is 0 Å². The van der Waals surface area contributed by atoms with Gasteiger partial charge in [0, 0.05) is 13.2 Å². The monoisotopic (exact) mass is 202 g/mol. The molecule has 3 heteroatoms. The molecule has 0 unspecified atom stereocenters. The van der Waals surface area contributed by atoms with Crippen molar-refractivity contribution >= 4 is 0 Å². The number of ether oxygens (including phenoxy) is 2. The molecule has 1 N–H and O–H groups in total. The molecule has 0 aromatic carbocycles. The molecule has 0 spiro atoms. The summed E-state index contributed by atoms with van der Waals surface area (Å²) in [7, 11) is 0. The molecular weight excluding hydrogens is 180 g/mol. The van der Waals surface area contributed by atoms with Gasteiger partial charge < -0.3 is 14.6 Å². The van der Waals surface area contributed by atoms with Crippen molar-refractivity contribution < 1.29 is 14.6 Å². The third-order valence-electron chi connectivity index (χ3n) is 1.70. The van der Waals surface area contributed by atoms with Gasteiger partial charge in [-0.05, 0) is 19.3 Å². The van der Waals surface area contributed by atoms with Crippen LogP contribution in [0.25, 0.3) is 0 Å². The molecule has 0 aliphatic carbocycles. The molecule has 0 atom stereocenters. The van der Waals surface area contributed by atoms with E-state index in [0.717, 1.165) is 32.3 Å². The van der Waals surface area contributed by atoms with Gasteiger partial charge in [0.15, 0.2) is 0 Å². The molecule has 0 aliphatic rings. The van der Waals surface area contributed by atoms with Gasteiger partial charge in [-0.3, -0.25) is 0 Å². The van der Waals surface area contributed by atoms with Crippen molar-refractivity contribution in [2.45, 2.75) is 32.6 Å². The number of hydrogen-bond donors (Lipinski definition) is 1. The number of unbranched alkanes of at least 4 members (excludes halogenated alkanes) is 1. The Morgan fingerprint density at radius 1 is 1.07 bits per heavy atom. The van der Waals surface area contributed by atoms with Crippen LogP contribution < -0.4 is 0 Å². The van der Waals surface area contributed by atoms with Gasteiger partial charge in [-0.1, -0.05) is 25.5 Å². The predicted octanol–water partition coefficient (Wildman–Crippen LogP) is 2.11. The molecule has 0 rings (SSSR count). The quantitative estimate of drug-likeness (QED) is 0.335. The maximum atomic E-state index is 8.49. The van der Waals surface area contributed by atoms with Crippen LogP contribution in [0.3, 0.4) is 0 Å². The van der Waals surface area contributed by atoms with Crippen LogP contribution in [0, 0.1) is 0 Å². The molecule has 0 heterocycles. The molecule has 0 aromatic heterocycles. The lowest BCUT2D eigenvalue weighted by Gasteiger charge is -2.03. The SMILES string of the molecule is CCCCOCOCCC=CCCO. The number of rotatable bonds is 10. The zero-order valence-electron chi connectivity index (χ0n) is 9.08. The molecule has 0 amide bonds. The fourth-order valence-corrected chi connectivity index (χ4v) is 0.885. The van der Waals surface area contributed by atoms with E-state index >= 15 is 0 Å². The molecule has 0 saturated carbocycles. The second kappa shape index (κ2) is 12.6. The molecule has 0 aromatic rings. The largest absolute Gasteiger partial charge is 0.396 e. The zero-order chi connectivity index (χ0) is 10.5. The van der Waals surface area contributed by atoms with Crippen LogP contribution in [-0.2, 0) is 9.47 Å². The Hall–Kier alpha value is -0.380. The highest BCUT2D eigenvalue weighted by Gasteiger charge is 1.87. The second-order valence-corrected chi connectivity index (χ2v) is 3.06. The number of hydrogen-bond acceptors (Lipinski definition) is 3. The standard InChI is InChI=1S/C11H22O3/c1-2-3-9-13-11-14-10-7-5-4-6-8-12/h4-5,12H,2-3,6-11H2,1H3. The minimum atomic E-state index is 0.220. The summed E-state index contributed by atoms with van der Waals surface area (Å²) in [5.41, 5.74) is 0. The van der Waals surface area contributed by atoms with Crippen LogP contribution in [0.4, 0.5) is 0 Å². The third kappa shape index (κ3) is 11.6. The van der Waals surface area contributed by atoms with Crippen molar-refractivity contribution in [1.82, 2.24) is 0 Å². The molecule has 0 fully saturated rings. The van der Waals surface area contributed by atoms with E-state index in [1.165, 1.54) is 0 Å². The van der Waals surface area contributed by atoms with Crippen molar-refractivity contribution in [3.05, 3.63) is 12.2 Å². The van der Waals surface area contributed by atoms with Crippen molar-refractivity contribution in [1.29, 1.82) is 0 Å². The van der Waals surface area contributed by atoms with Gasteiger partial charge in [-0.2, -0.15) is 0 Å². The fraction of sp³-hybridized carbons (Fsp3) is 0.818. The zero-order valence-corrected chi connectivity index (χ0v) is 9.08. The van der Waals surface area contributed by atoms with Crippen LogP contribution in [-0.4, -0.2) is 31.7 Å². The Morgan fingerprint density at radius 2 is 1.79 bits per heavy atom. The lowest BCUT2D eigenvalue weighted by atomic mass is 10.3. The molecule has 84 valence electrons. The maximum Gasteiger partial charge on any atom is 0.146 e. The van der Waals surface area contributed by atoms with Crippen LogP contribution in [0.5, 0.6) is 0 Å². The summed E-state index contributed by atoms with van der Waals surface area (Å²) in [6.07, 6.45) is 7.84. The first-order valence-corrected chi connectivity index (χ1v) is 5.33. The highest BCUT2D eigenvalue weighted by molar-refractivity contribution is 4.80. The molecule has 0 aliphatic heterocycles. The molecule has 0 radical (unpaired) electrons. The average molecular weight is 202 g/mol. The average Bonchev–Trinajstić information content (AvgIpc) is 2.21. The molecule has 3 nitrogen and oxygen atoms in total. The minimum absolute atomic E-state index is 0.220. The number of aliphatic hydroxyl groups is 1. The van der Waals surface area contributed by atoms with Gasteiger partial charge in [0.25, 0.3) is 0 Å². The van der Waals surface area contributed by atoms with E-state index in [4.69, 9.17) is 14.6 Å². The Morgan fingerprint density at radius 3 is 2.50 bits per heavy atom. The van der Waals surface area contributed by atoms with Crippen LogP contribution >= 0.6 is 0 Å². The first-order valence-electron chi connectivity index (χ1n) is 5.33. The van der Waals surface area contributed by atoms with E-state index in [0.29, 0.717) is 13.4 Å². The summed E-state index contributed by atoms with van der Waals surface area (Å²) in [6.45, 7) is 4.23. The first kappa shape index (κ1) is 13.6. The van der Waals surface area contributed by atoms with E-state index in [2.05, 4.69) is 6.92 Å². The van der Waals surface area contributed by atoms with E-state index in [-0.39, 0.29) is 6.61 Å². The Bertz CT molecular complexity index is 124. The van der Waals surface area contributed by atoms with Gasteiger partial charge in [0.2, 0.25) is 0 Å². The van der Waals surface area contributed by atoms with E-state index in [1.54, 1.807) is 0 Å². The summed E-state index contributed by atoms with van der Waals surface area (Å²) in [6, 6.07) is 0. The fourth-order valence-electron chi connectivity index (χ4n) is 0.885. The highest BCUT2D eigenvalue weighted by atomic mass is 16.7. The third-order valence-corrected chi connectivity index (χ3v) is 1.70. The lowest BCUT2D eigenvalue weighted by Crippen LogP contribution is -2.02. The van der Waals surface area contributed by atoms with Gasteiger partial charge in [-0.15, -0.1) is 0 Å². The van der Waals surface area contributed by atoms with Gasteiger partial charge in [0.05, 0.1) is 6.61 Å². The normalized spacial score (nSPS) is 11.3. The Kier molecular flexibility index (Phi) is 12.3. The minimum Gasteiger partial charge on any atom is -0.396 e. The predicted molar refractivity (Wildman–Crippen MR) is 57.1 cm³/mol. The Labute approximate surface area is 86.7 Å². The van der Waals surface area contributed by atoms with Crippen molar-refractivity contribution in [3.8, 4) is 0 Å². The lowest BCUT2D eigenvalue weighted by molar-refractivity contribution is -0.0528. The first-order chi connectivity index (χ1) is 6.91. The van der Waals surface area contributed by atoms with E-state index < -0.39 is 0 Å². The topological polar surface area (TPSA) is 38.7 Å². The summed E-state index contributed by atoms with van der Waals surface area (Å²) in [5.74, 6) is 0. The van der Waals surface area contributed by atoms with Gasteiger partial charge in [-0.25, -0.2) is 0 Å².